The number of amides is 5. The van der Waals surface area contributed by atoms with Crippen molar-refractivity contribution in [2.24, 2.45) is 11.8 Å². The van der Waals surface area contributed by atoms with Crippen LogP contribution in [-0.2, 0) is 52.6 Å². The van der Waals surface area contributed by atoms with Gasteiger partial charge in [0.05, 0.1) is 25.0 Å². The molecule has 4 saturated heterocycles. The SMILES string of the molecule is O=C(CCCCC(=O)N1CC(C(=O)NCCOC2OCCCC2O)C[C@@H](C(=O)NCCOC2OCCCC2O)C1)ON1C(=O)CCC1=O. The number of ether oxygens (including phenoxy) is 4. The molecule has 4 aliphatic rings. The second kappa shape index (κ2) is 19.1. The number of imide groups is 1. The molecule has 0 spiro atoms. The molecular weight excluding hydrogens is 636 g/mol. The fraction of sp³-hybridized carbons (Fsp3) is 0.806. The first-order valence-electron chi connectivity index (χ1n) is 16.8. The van der Waals surface area contributed by atoms with E-state index in [1.807, 2.05) is 0 Å². The van der Waals surface area contributed by atoms with Crippen molar-refractivity contribution in [2.45, 2.75) is 95.4 Å². The van der Waals surface area contributed by atoms with Crippen LogP contribution in [0.1, 0.15) is 70.6 Å². The molecule has 4 N–H and O–H groups in total. The Labute approximate surface area is 278 Å². The normalized spacial score (nSPS) is 27.9. The average Bonchev–Trinajstić information content (AvgIpc) is 3.40. The molecule has 0 aliphatic carbocycles. The molecule has 5 amide bonds. The standard InChI is InChI=1S/C31H48N4O13/c36-22-5-3-13-44-30(22)46-15-11-32-28(42)20-17-21(29(43)33-12-16-47-31-23(37)6-4-14-45-31)19-34(18-20)24(38)7-1-2-8-27(41)48-35-25(39)9-10-26(35)40/h20-23,30-31,36-37H,1-19H2,(H,32,42)(H,33,43)/t20-,21?,22?,23?,30?,31?/m1/s1. The second-order valence-electron chi connectivity index (χ2n) is 12.4. The maximum Gasteiger partial charge on any atom is 0.333 e. The Hall–Kier alpha value is -3.22. The first kappa shape index (κ1) is 37.6. The lowest BCUT2D eigenvalue weighted by Crippen LogP contribution is -2.52. The van der Waals surface area contributed by atoms with Crippen molar-refractivity contribution in [1.29, 1.82) is 0 Å². The second-order valence-corrected chi connectivity index (χ2v) is 12.4. The summed E-state index contributed by atoms with van der Waals surface area (Å²) >= 11 is 0. The van der Waals surface area contributed by atoms with Crippen molar-refractivity contribution in [2.75, 3.05) is 52.6 Å². The monoisotopic (exact) mass is 684 g/mol. The highest BCUT2D eigenvalue weighted by atomic mass is 16.7. The van der Waals surface area contributed by atoms with Gasteiger partial charge in [-0.3, -0.25) is 24.0 Å². The van der Waals surface area contributed by atoms with E-state index >= 15 is 0 Å². The van der Waals surface area contributed by atoms with Gasteiger partial charge in [0, 0.05) is 65.1 Å². The zero-order chi connectivity index (χ0) is 34.5. The van der Waals surface area contributed by atoms with Gasteiger partial charge in [-0.15, -0.1) is 5.06 Å². The Bertz CT molecular complexity index is 1070. The van der Waals surface area contributed by atoms with Gasteiger partial charge in [-0.2, -0.15) is 0 Å². The number of rotatable bonds is 16. The van der Waals surface area contributed by atoms with E-state index in [0.29, 0.717) is 37.5 Å². The Kier molecular flexibility index (Phi) is 15.0. The number of hydrogen-bond donors (Lipinski definition) is 4. The third-order valence-electron chi connectivity index (χ3n) is 8.61. The molecule has 0 radical (unpaired) electrons. The molecular formula is C31H48N4O13. The molecule has 4 rings (SSSR count). The van der Waals surface area contributed by atoms with Gasteiger partial charge in [-0.05, 0) is 44.9 Å². The molecule has 4 fully saturated rings. The fourth-order valence-corrected chi connectivity index (χ4v) is 5.98. The molecule has 0 bridgehead atoms. The fourth-order valence-electron chi connectivity index (χ4n) is 5.98. The van der Waals surface area contributed by atoms with Gasteiger partial charge in [0.1, 0.15) is 12.2 Å². The summed E-state index contributed by atoms with van der Waals surface area (Å²) in [6.07, 6.45) is 0.354. The molecule has 0 aromatic heterocycles. The van der Waals surface area contributed by atoms with Gasteiger partial charge < -0.3 is 49.5 Å². The lowest BCUT2D eigenvalue weighted by Gasteiger charge is -2.36. The molecule has 0 aromatic carbocycles. The van der Waals surface area contributed by atoms with Crippen molar-refractivity contribution < 1.29 is 62.8 Å². The Morgan fingerprint density at radius 3 is 1.77 bits per heavy atom. The molecule has 17 heteroatoms. The number of hydrogen-bond acceptors (Lipinski definition) is 13. The average molecular weight is 685 g/mol. The summed E-state index contributed by atoms with van der Waals surface area (Å²) in [6.45, 7) is 1.66. The number of aliphatic hydroxyl groups excluding tert-OH is 2. The van der Waals surface area contributed by atoms with Crippen molar-refractivity contribution in [3.8, 4) is 0 Å². The highest BCUT2D eigenvalue weighted by Crippen LogP contribution is 2.24. The van der Waals surface area contributed by atoms with Gasteiger partial charge in [-0.25, -0.2) is 4.79 Å². The minimum atomic E-state index is -0.754. The summed E-state index contributed by atoms with van der Waals surface area (Å²) in [6, 6.07) is 0. The van der Waals surface area contributed by atoms with Crippen LogP contribution in [0.3, 0.4) is 0 Å². The number of carbonyl (C=O) groups is 6. The van der Waals surface area contributed by atoms with Crippen LogP contribution in [0, 0.1) is 11.8 Å². The first-order valence-corrected chi connectivity index (χ1v) is 16.8. The molecule has 48 heavy (non-hydrogen) atoms. The summed E-state index contributed by atoms with van der Waals surface area (Å²) in [7, 11) is 0. The van der Waals surface area contributed by atoms with Gasteiger partial charge in [0.25, 0.3) is 11.8 Å². The quantitative estimate of drug-likeness (QED) is 0.112. The summed E-state index contributed by atoms with van der Waals surface area (Å²) in [4.78, 5) is 81.2. The van der Waals surface area contributed by atoms with E-state index in [9.17, 15) is 39.0 Å². The predicted octanol–water partition coefficient (Wildman–Crippen LogP) is -1.12. The smallest absolute Gasteiger partial charge is 0.333 e. The third-order valence-corrected chi connectivity index (χ3v) is 8.61. The van der Waals surface area contributed by atoms with Gasteiger partial charge in [0.15, 0.2) is 12.6 Å². The first-order chi connectivity index (χ1) is 23.1. The molecule has 4 aliphatic heterocycles. The Morgan fingerprint density at radius 2 is 1.27 bits per heavy atom. The lowest BCUT2D eigenvalue weighted by atomic mass is 9.87. The van der Waals surface area contributed by atoms with E-state index in [-0.39, 0.29) is 95.6 Å². The van der Waals surface area contributed by atoms with E-state index in [1.54, 1.807) is 0 Å². The lowest BCUT2D eigenvalue weighted by molar-refractivity contribution is -0.213. The molecule has 4 heterocycles. The highest BCUT2D eigenvalue weighted by molar-refractivity contribution is 6.01. The summed E-state index contributed by atoms with van der Waals surface area (Å²) in [5, 5.41) is 26.0. The van der Waals surface area contributed by atoms with E-state index in [1.165, 1.54) is 4.90 Å². The van der Waals surface area contributed by atoms with Gasteiger partial charge in [-0.1, -0.05) is 0 Å². The van der Waals surface area contributed by atoms with Crippen LogP contribution in [0.2, 0.25) is 0 Å². The van der Waals surface area contributed by atoms with Crippen molar-refractivity contribution in [1.82, 2.24) is 20.6 Å². The van der Waals surface area contributed by atoms with Crippen LogP contribution >= 0.6 is 0 Å². The van der Waals surface area contributed by atoms with E-state index < -0.39 is 54.4 Å². The molecule has 17 nitrogen and oxygen atoms in total. The largest absolute Gasteiger partial charge is 0.388 e. The number of unbranched alkanes of at least 4 members (excludes halogenated alkanes) is 1. The number of aliphatic hydroxyl groups is 2. The highest BCUT2D eigenvalue weighted by Gasteiger charge is 2.37. The third kappa shape index (κ3) is 11.4. The molecule has 0 saturated carbocycles. The summed E-state index contributed by atoms with van der Waals surface area (Å²) < 4.78 is 21.9. The van der Waals surface area contributed by atoms with Gasteiger partial charge >= 0.3 is 5.97 Å². The Morgan fingerprint density at radius 1 is 0.771 bits per heavy atom. The minimum Gasteiger partial charge on any atom is -0.388 e. The van der Waals surface area contributed by atoms with Crippen molar-refractivity contribution in [3.05, 3.63) is 0 Å². The zero-order valence-electron chi connectivity index (χ0n) is 27.2. The van der Waals surface area contributed by atoms with Crippen LogP contribution in [0.25, 0.3) is 0 Å². The molecule has 5 unspecified atom stereocenters. The Balaban J connectivity index is 1.24. The maximum absolute atomic E-state index is 13.2. The number of likely N-dealkylation sites (tertiary alicyclic amines) is 1. The predicted molar refractivity (Wildman–Crippen MR) is 162 cm³/mol. The van der Waals surface area contributed by atoms with E-state index in [0.717, 1.165) is 12.8 Å². The van der Waals surface area contributed by atoms with E-state index in [4.69, 9.17) is 23.8 Å². The van der Waals surface area contributed by atoms with Crippen molar-refractivity contribution >= 4 is 35.5 Å². The van der Waals surface area contributed by atoms with Crippen LogP contribution < -0.4 is 10.6 Å². The number of carbonyl (C=O) groups excluding carboxylic acids is 6. The van der Waals surface area contributed by atoms with Crippen LogP contribution in [0.15, 0.2) is 0 Å². The van der Waals surface area contributed by atoms with Crippen LogP contribution in [0.4, 0.5) is 0 Å². The number of hydroxylamine groups is 2. The zero-order valence-corrected chi connectivity index (χ0v) is 27.2. The summed E-state index contributed by atoms with van der Waals surface area (Å²) in [5.74, 6) is -4.23. The maximum atomic E-state index is 13.2. The van der Waals surface area contributed by atoms with Gasteiger partial charge in [0.2, 0.25) is 17.7 Å². The summed E-state index contributed by atoms with van der Waals surface area (Å²) in [5.41, 5.74) is 0. The topological polar surface area (TPSA) is 220 Å². The molecule has 0 aromatic rings. The van der Waals surface area contributed by atoms with Crippen LogP contribution in [0.5, 0.6) is 0 Å². The van der Waals surface area contributed by atoms with Crippen LogP contribution in [-0.4, -0.2) is 133 Å². The minimum absolute atomic E-state index is 0.00480. The number of piperidine rings is 1. The number of nitrogens with one attached hydrogen (secondary N) is 2. The molecule has 270 valence electrons. The van der Waals surface area contributed by atoms with E-state index in [2.05, 4.69) is 10.6 Å². The molecule has 6 atom stereocenters. The van der Waals surface area contributed by atoms with Crippen molar-refractivity contribution in [3.63, 3.8) is 0 Å². The number of nitrogens with zero attached hydrogens (tertiary/aromatic N) is 2.